The second kappa shape index (κ2) is 16.8. The summed E-state index contributed by atoms with van der Waals surface area (Å²) in [6.45, 7) is 0.870. The van der Waals surface area contributed by atoms with Crippen LogP contribution in [0, 0.1) is 31.3 Å². The fourth-order valence-electron chi connectivity index (χ4n) is 3.56. The van der Waals surface area contributed by atoms with Crippen LogP contribution in [-0.2, 0) is 26.5 Å². The molecule has 5 rings (SSSR count). The van der Waals surface area contributed by atoms with E-state index >= 15 is 0 Å². The second-order valence-corrected chi connectivity index (χ2v) is 10.1. The molecular formula is C42H41IrN2. The minimum atomic E-state index is -2.63. The Hall–Kier alpha value is -4.17. The summed E-state index contributed by atoms with van der Waals surface area (Å²) in [4.78, 5) is 4.11. The van der Waals surface area contributed by atoms with E-state index in [-0.39, 0.29) is 59.1 Å². The molecule has 0 aliphatic rings. The third-order valence-electron chi connectivity index (χ3n) is 5.50. The van der Waals surface area contributed by atoms with Crippen LogP contribution in [0.5, 0.6) is 0 Å². The zero-order valence-corrected chi connectivity index (χ0v) is 27.0. The Morgan fingerprint density at radius 3 is 2.40 bits per heavy atom. The molecule has 45 heavy (non-hydrogen) atoms. The molecule has 1 aromatic heterocycles. The van der Waals surface area contributed by atoms with E-state index in [4.69, 9.17) is 32.9 Å². The average molecular weight is 790 g/mol. The van der Waals surface area contributed by atoms with Crippen molar-refractivity contribution in [2.24, 2.45) is 5.41 Å². The summed E-state index contributed by atoms with van der Waals surface area (Å²) in [6, 6.07) is 0.588. The van der Waals surface area contributed by atoms with Crippen molar-refractivity contribution in [2.75, 3.05) is 0 Å². The molecule has 0 spiro atoms. The SMILES string of the molecule is [2H]C(=[N-])/C([2H])=C(\C([2H])=C(/C)c1[c-]c([2H])c([2H])c([2H])c1[2H])c1c([2H])c([2H])c(C([2H])([2H])C(C)(C)C)c([2H])c1[2H].[2H]c1c([2H])c([2H])c(-c2cc(-c3ccc(C([2H])([2H])[2H])cn3)[c-]cc2C([2H])([2H])[2H])c([2H])c1[2H].[Ir+3]. The van der Waals surface area contributed by atoms with Crippen molar-refractivity contribution in [1.29, 1.82) is 0 Å². The summed E-state index contributed by atoms with van der Waals surface area (Å²) >= 11 is 0. The first kappa shape index (κ1) is 14.5. The molecule has 2 nitrogen and oxygen atoms in total. The van der Waals surface area contributed by atoms with Gasteiger partial charge in [-0.2, -0.15) is 6.19 Å². The van der Waals surface area contributed by atoms with E-state index in [0.29, 0.717) is 5.69 Å². The van der Waals surface area contributed by atoms with Crippen LogP contribution in [0.15, 0.2) is 121 Å². The number of benzene rings is 4. The van der Waals surface area contributed by atoms with Crippen LogP contribution in [0.25, 0.3) is 38.9 Å². The molecule has 0 saturated carbocycles. The zero-order chi connectivity index (χ0) is 52.2. The molecule has 0 unspecified atom stereocenters. The van der Waals surface area contributed by atoms with E-state index in [1.807, 2.05) is 0 Å². The number of hydrogen-bond acceptors (Lipinski definition) is 1. The Morgan fingerprint density at radius 2 is 1.76 bits per heavy atom. The van der Waals surface area contributed by atoms with Crippen LogP contribution in [0.1, 0.15) is 88.4 Å². The number of allylic oxidation sites excluding steroid dienone is 4. The van der Waals surface area contributed by atoms with Crippen LogP contribution in [0.4, 0.5) is 0 Å². The molecule has 1 heterocycles. The van der Waals surface area contributed by atoms with E-state index in [2.05, 4.69) is 17.1 Å². The number of aromatic nitrogens is 1. The van der Waals surface area contributed by atoms with Gasteiger partial charge in [0.2, 0.25) is 0 Å². The Labute approximate surface area is 317 Å². The van der Waals surface area contributed by atoms with Crippen LogP contribution >= 0.6 is 0 Å². The van der Waals surface area contributed by atoms with Gasteiger partial charge in [0, 0.05) is 21.3 Å². The quantitative estimate of drug-likeness (QED) is 0.0919. The van der Waals surface area contributed by atoms with Crippen molar-refractivity contribution in [1.82, 2.24) is 4.98 Å². The van der Waals surface area contributed by atoms with Gasteiger partial charge in [-0.15, -0.1) is 70.7 Å². The van der Waals surface area contributed by atoms with Gasteiger partial charge in [-0.1, -0.05) is 119 Å². The largest absolute Gasteiger partial charge is 3.00 e. The molecular weight excluding hydrogens is 725 g/mol. The maximum atomic E-state index is 9.77. The van der Waals surface area contributed by atoms with Gasteiger partial charge in [-0.3, -0.25) is 0 Å². The van der Waals surface area contributed by atoms with E-state index in [0.717, 1.165) is 0 Å². The predicted molar refractivity (Wildman–Crippen MR) is 189 cm³/mol. The van der Waals surface area contributed by atoms with Crippen LogP contribution in [0.2, 0.25) is 0 Å². The first-order valence-electron chi connectivity index (χ1n) is 25.1. The van der Waals surface area contributed by atoms with Gasteiger partial charge in [-0.25, -0.2) is 0 Å². The average Bonchev–Trinajstić information content (AvgIpc) is 3.24. The van der Waals surface area contributed by atoms with E-state index in [9.17, 15) is 5.41 Å². The fraction of sp³-hybridized carbons (Fsp3) is 0.190. The molecule has 0 radical (unpaired) electrons. The number of hydrogen-bond donors (Lipinski definition) is 0. The van der Waals surface area contributed by atoms with Gasteiger partial charge in [0.05, 0.1) is 15.1 Å². The standard InChI is InChI=1S/C23H25N.C19H16N.Ir/c1-18(20-8-6-5-7-9-20)16-22(14-15-24)21-12-10-19(11-13-21)17-23(2,3)4;1-14-8-11-19(20-13-14)17-10-9-15(2)18(12-17)16-6-4-3-5-7-16;/h5-8,10-16H,17H2,1-4H3;3-9,11-13H,1-2H3;/q-2;-1;+3/b18-16+,22-14+;;/i5D,6D,7D,8D,10D,11D,12D,13D,14D,15D,16D,17D2;1D3,2D3,3D,4D,5D,6D,7D;. The molecule has 0 N–H and O–H groups in total. The molecule has 0 amide bonds. The topological polar surface area (TPSA) is 35.2 Å². The van der Waals surface area contributed by atoms with Crippen molar-refractivity contribution >= 4 is 17.3 Å². The van der Waals surface area contributed by atoms with Crippen LogP contribution in [-0.4, -0.2) is 11.2 Å². The first-order chi connectivity index (χ1) is 30.9. The molecule has 0 aliphatic carbocycles. The van der Waals surface area contributed by atoms with Gasteiger partial charge in [-0.05, 0) is 54.9 Å². The third-order valence-corrected chi connectivity index (χ3v) is 5.50. The predicted octanol–water partition coefficient (Wildman–Crippen LogP) is 11.0. The summed E-state index contributed by atoms with van der Waals surface area (Å²) in [7, 11) is 0. The third kappa shape index (κ3) is 10.7. The van der Waals surface area contributed by atoms with Gasteiger partial charge in [0.25, 0.3) is 0 Å². The molecule has 228 valence electrons. The maximum Gasteiger partial charge on any atom is 3.00 e. The monoisotopic (exact) mass is 790 g/mol. The van der Waals surface area contributed by atoms with Gasteiger partial charge < -0.3 is 10.4 Å². The van der Waals surface area contributed by atoms with E-state index in [1.165, 1.54) is 58.2 Å². The molecule has 3 heteroatoms. The van der Waals surface area contributed by atoms with Crippen LogP contribution < -0.4 is 0 Å². The van der Waals surface area contributed by atoms with Gasteiger partial charge >= 0.3 is 20.1 Å². The van der Waals surface area contributed by atoms with Crippen molar-refractivity contribution in [3.63, 3.8) is 0 Å². The minimum absolute atomic E-state index is 0. The van der Waals surface area contributed by atoms with Crippen molar-refractivity contribution in [3.8, 4) is 22.4 Å². The summed E-state index contributed by atoms with van der Waals surface area (Å²) in [5.74, 6) is 0. The minimum Gasteiger partial charge on any atom is -0.811 e. The summed E-state index contributed by atoms with van der Waals surface area (Å²) in [5.41, 5.74) is -3.39. The Bertz CT molecular complexity index is 2850. The molecule has 0 bridgehead atoms. The number of rotatable bonds is 7. The molecule has 4 aromatic carbocycles. The van der Waals surface area contributed by atoms with Crippen molar-refractivity contribution in [3.05, 3.63) is 166 Å². The summed E-state index contributed by atoms with van der Waals surface area (Å²) in [5, 5.41) is 9.77. The fourth-order valence-corrected chi connectivity index (χ4v) is 3.56. The molecule has 0 fully saturated rings. The molecule has 0 atom stereocenters. The normalized spacial score (nSPS) is 20.5. The van der Waals surface area contributed by atoms with Crippen LogP contribution in [0.3, 0.4) is 0 Å². The second-order valence-electron chi connectivity index (χ2n) is 10.1. The van der Waals surface area contributed by atoms with E-state index in [1.54, 1.807) is 0 Å². The van der Waals surface area contributed by atoms with Gasteiger partial charge in [0.15, 0.2) is 0 Å². The number of pyridine rings is 1. The molecule has 0 aliphatic heterocycles. The Kier molecular flexibility index (Phi) is 5.41. The molecule has 0 saturated heterocycles. The Balaban J connectivity index is 0.000000365. The first-order valence-corrected chi connectivity index (χ1v) is 13.1. The van der Waals surface area contributed by atoms with Gasteiger partial charge in [0.1, 0.15) is 0 Å². The molecule has 5 aromatic rings. The van der Waals surface area contributed by atoms with Crippen molar-refractivity contribution < 1.29 is 53.0 Å². The zero-order valence-electron chi connectivity index (χ0n) is 48.6. The van der Waals surface area contributed by atoms with E-state index < -0.39 is 139 Å². The summed E-state index contributed by atoms with van der Waals surface area (Å²) < 4.78 is 193. The number of nitrogens with zero attached hydrogens (tertiary/aromatic N) is 2. The Morgan fingerprint density at radius 1 is 1.00 bits per heavy atom. The number of aryl methyl sites for hydroxylation is 2. The smallest absolute Gasteiger partial charge is 0.811 e. The maximum absolute atomic E-state index is 9.77. The summed E-state index contributed by atoms with van der Waals surface area (Å²) in [6.07, 6.45) is -2.49. The van der Waals surface area contributed by atoms with Crippen molar-refractivity contribution in [2.45, 2.75) is 47.8 Å².